The number of aromatic nitrogens is 1. The van der Waals surface area contributed by atoms with Gasteiger partial charge in [0.15, 0.2) is 0 Å². The maximum Gasteiger partial charge on any atom is 0.254 e. The van der Waals surface area contributed by atoms with Crippen LogP contribution in [0.25, 0.3) is 0 Å². The van der Waals surface area contributed by atoms with Gasteiger partial charge in [0.05, 0.1) is 10.6 Å². The second kappa shape index (κ2) is 6.93. The van der Waals surface area contributed by atoms with E-state index in [0.717, 1.165) is 18.3 Å². The van der Waals surface area contributed by atoms with Crippen molar-refractivity contribution in [3.63, 3.8) is 0 Å². The predicted octanol–water partition coefficient (Wildman–Crippen LogP) is 1.63. The summed E-state index contributed by atoms with van der Waals surface area (Å²) in [7, 11) is 0. The van der Waals surface area contributed by atoms with Crippen molar-refractivity contribution < 1.29 is 4.92 Å². The van der Waals surface area contributed by atoms with Gasteiger partial charge in [-0.2, -0.15) is 0 Å². The standard InChI is InChI=1S/C11H15ClN4O2/c1-2-15(7-10(13)8-16(17)18)6-9-3-4-11(12)14-5-9/h3-5,8H,2,6-7,13H2,1H3. The third-order valence-electron chi connectivity index (χ3n) is 2.32. The second-order valence-electron chi connectivity index (χ2n) is 3.78. The lowest BCUT2D eigenvalue weighted by Crippen LogP contribution is -2.28. The van der Waals surface area contributed by atoms with Crippen molar-refractivity contribution in [3.05, 3.63) is 51.1 Å². The van der Waals surface area contributed by atoms with Gasteiger partial charge < -0.3 is 5.73 Å². The molecular weight excluding hydrogens is 256 g/mol. The molecule has 0 fully saturated rings. The first-order chi connectivity index (χ1) is 8.51. The monoisotopic (exact) mass is 270 g/mol. The van der Waals surface area contributed by atoms with Gasteiger partial charge in [-0.05, 0) is 18.2 Å². The highest BCUT2D eigenvalue weighted by molar-refractivity contribution is 6.29. The first kappa shape index (κ1) is 14.4. The summed E-state index contributed by atoms with van der Waals surface area (Å²) in [6, 6.07) is 3.58. The third-order valence-corrected chi connectivity index (χ3v) is 2.54. The smallest absolute Gasteiger partial charge is 0.254 e. The summed E-state index contributed by atoms with van der Waals surface area (Å²) in [6.45, 7) is 3.66. The quantitative estimate of drug-likeness (QED) is 0.482. The van der Waals surface area contributed by atoms with Crippen LogP contribution in [0.2, 0.25) is 5.15 Å². The summed E-state index contributed by atoms with van der Waals surface area (Å²) in [5, 5.41) is 10.7. The van der Waals surface area contributed by atoms with Gasteiger partial charge in [0.25, 0.3) is 6.20 Å². The van der Waals surface area contributed by atoms with Crippen molar-refractivity contribution in [3.8, 4) is 0 Å². The van der Waals surface area contributed by atoms with Crippen molar-refractivity contribution in [2.75, 3.05) is 13.1 Å². The highest BCUT2D eigenvalue weighted by Crippen LogP contribution is 2.08. The topological polar surface area (TPSA) is 85.3 Å². The molecule has 1 rings (SSSR count). The molecule has 1 aromatic heterocycles. The lowest BCUT2D eigenvalue weighted by Gasteiger charge is -2.19. The van der Waals surface area contributed by atoms with E-state index >= 15 is 0 Å². The maximum absolute atomic E-state index is 10.3. The average molecular weight is 271 g/mol. The summed E-state index contributed by atoms with van der Waals surface area (Å²) in [5.41, 5.74) is 6.78. The summed E-state index contributed by atoms with van der Waals surface area (Å²) in [6.07, 6.45) is 2.50. The van der Waals surface area contributed by atoms with Gasteiger partial charge in [0, 0.05) is 19.3 Å². The summed E-state index contributed by atoms with van der Waals surface area (Å²) >= 11 is 5.69. The normalized spacial score (nSPS) is 11.8. The number of hydrogen-bond donors (Lipinski definition) is 1. The number of halogens is 1. The molecule has 1 aromatic rings. The van der Waals surface area contributed by atoms with E-state index in [1.165, 1.54) is 0 Å². The number of rotatable bonds is 6. The Kier molecular flexibility index (Phi) is 5.54. The van der Waals surface area contributed by atoms with E-state index in [1.54, 1.807) is 12.3 Å². The minimum atomic E-state index is -0.549. The maximum atomic E-state index is 10.3. The Labute approximate surface area is 110 Å². The largest absolute Gasteiger partial charge is 0.396 e. The number of nitrogens with two attached hydrogens (primary N) is 1. The van der Waals surface area contributed by atoms with Crippen LogP contribution in [-0.4, -0.2) is 27.9 Å². The zero-order chi connectivity index (χ0) is 13.5. The first-order valence-corrected chi connectivity index (χ1v) is 5.81. The number of nitro groups is 1. The molecule has 0 radical (unpaired) electrons. The van der Waals surface area contributed by atoms with Crippen LogP contribution in [0.15, 0.2) is 30.2 Å². The number of hydrogen-bond acceptors (Lipinski definition) is 5. The molecule has 0 saturated carbocycles. The molecule has 0 aliphatic rings. The van der Waals surface area contributed by atoms with Crippen molar-refractivity contribution >= 4 is 11.6 Å². The molecule has 18 heavy (non-hydrogen) atoms. The van der Waals surface area contributed by atoms with Crippen molar-refractivity contribution in [1.82, 2.24) is 9.88 Å². The van der Waals surface area contributed by atoms with Crippen LogP contribution in [0.4, 0.5) is 0 Å². The van der Waals surface area contributed by atoms with E-state index in [-0.39, 0.29) is 5.70 Å². The van der Waals surface area contributed by atoms with Crippen molar-refractivity contribution in [1.29, 1.82) is 0 Å². The molecule has 1 heterocycles. The van der Waals surface area contributed by atoms with E-state index in [9.17, 15) is 10.1 Å². The zero-order valence-electron chi connectivity index (χ0n) is 10.0. The third kappa shape index (κ3) is 5.11. The van der Waals surface area contributed by atoms with E-state index in [0.29, 0.717) is 18.2 Å². The van der Waals surface area contributed by atoms with Crippen LogP contribution in [0.3, 0.4) is 0 Å². The van der Waals surface area contributed by atoms with E-state index in [2.05, 4.69) is 4.98 Å². The minimum absolute atomic E-state index is 0.226. The van der Waals surface area contributed by atoms with Crippen LogP contribution in [-0.2, 0) is 6.54 Å². The fourth-order valence-corrected chi connectivity index (χ4v) is 1.58. The van der Waals surface area contributed by atoms with Crippen LogP contribution >= 0.6 is 11.6 Å². The van der Waals surface area contributed by atoms with Crippen molar-refractivity contribution in [2.24, 2.45) is 5.73 Å². The minimum Gasteiger partial charge on any atom is -0.396 e. The Morgan fingerprint density at radius 1 is 1.67 bits per heavy atom. The Balaban J connectivity index is 2.62. The van der Waals surface area contributed by atoms with Gasteiger partial charge in [-0.25, -0.2) is 4.98 Å². The molecule has 0 bridgehead atoms. The number of likely N-dealkylation sites (N-methyl/N-ethyl adjacent to an activating group) is 1. The predicted molar refractivity (Wildman–Crippen MR) is 69.5 cm³/mol. The molecule has 6 nitrogen and oxygen atoms in total. The van der Waals surface area contributed by atoms with Gasteiger partial charge in [-0.3, -0.25) is 15.0 Å². The first-order valence-electron chi connectivity index (χ1n) is 5.43. The van der Waals surface area contributed by atoms with E-state index in [4.69, 9.17) is 17.3 Å². The molecule has 0 saturated heterocycles. The van der Waals surface area contributed by atoms with Crippen LogP contribution in [0, 0.1) is 10.1 Å². The molecule has 7 heteroatoms. The lowest BCUT2D eigenvalue weighted by molar-refractivity contribution is -0.403. The molecule has 0 atom stereocenters. The molecule has 98 valence electrons. The van der Waals surface area contributed by atoms with Gasteiger partial charge in [0.2, 0.25) is 0 Å². The van der Waals surface area contributed by atoms with Crippen LogP contribution in [0.5, 0.6) is 0 Å². The van der Waals surface area contributed by atoms with Gasteiger partial charge in [-0.15, -0.1) is 0 Å². The molecule has 0 unspecified atom stereocenters. The number of pyridine rings is 1. The Bertz CT molecular complexity index is 433. The Morgan fingerprint density at radius 3 is 2.89 bits per heavy atom. The van der Waals surface area contributed by atoms with Gasteiger partial charge in [0.1, 0.15) is 5.15 Å². The van der Waals surface area contributed by atoms with E-state index < -0.39 is 4.92 Å². The van der Waals surface area contributed by atoms with Crippen molar-refractivity contribution in [2.45, 2.75) is 13.5 Å². The second-order valence-corrected chi connectivity index (χ2v) is 4.17. The van der Waals surface area contributed by atoms with Gasteiger partial charge in [-0.1, -0.05) is 24.6 Å². The fraction of sp³-hybridized carbons (Fsp3) is 0.364. The summed E-state index contributed by atoms with van der Waals surface area (Å²) in [4.78, 5) is 15.7. The fourth-order valence-electron chi connectivity index (χ4n) is 1.47. The van der Waals surface area contributed by atoms with Gasteiger partial charge >= 0.3 is 0 Å². The summed E-state index contributed by atoms with van der Waals surface area (Å²) < 4.78 is 0. The Morgan fingerprint density at radius 2 is 2.39 bits per heavy atom. The molecule has 0 aliphatic carbocycles. The average Bonchev–Trinajstić information content (AvgIpc) is 2.30. The van der Waals surface area contributed by atoms with Crippen LogP contribution < -0.4 is 5.73 Å². The molecular formula is C11H15ClN4O2. The van der Waals surface area contributed by atoms with Crippen LogP contribution in [0.1, 0.15) is 12.5 Å². The molecule has 2 N–H and O–H groups in total. The Hall–Kier alpha value is -1.66. The molecule has 0 aromatic carbocycles. The SMILES string of the molecule is CCN(CC(N)=C[N+](=O)[O-])Cc1ccc(Cl)nc1. The number of nitrogens with zero attached hydrogens (tertiary/aromatic N) is 3. The highest BCUT2D eigenvalue weighted by atomic mass is 35.5. The summed E-state index contributed by atoms with van der Waals surface area (Å²) in [5.74, 6) is 0. The molecule has 0 spiro atoms. The lowest BCUT2D eigenvalue weighted by atomic mass is 10.2. The highest BCUT2D eigenvalue weighted by Gasteiger charge is 2.07. The van der Waals surface area contributed by atoms with E-state index in [1.807, 2.05) is 17.9 Å². The molecule has 0 aliphatic heterocycles. The molecule has 0 amide bonds. The zero-order valence-corrected chi connectivity index (χ0v) is 10.8.